The van der Waals surface area contributed by atoms with Crippen molar-refractivity contribution < 1.29 is 27.2 Å². The Balaban J connectivity index is 1.30. The van der Waals surface area contributed by atoms with E-state index < -0.39 is 34.9 Å². The minimum absolute atomic E-state index is 0.0113. The van der Waals surface area contributed by atoms with Gasteiger partial charge in [-0.15, -0.1) is 0 Å². The van der Waals surface area contributed by atoms with E-state index >= 15 is 0 Å². The molecule has 0 bridgehead atoms. The number of aromatic amines is 1. The molecule has 5 rings (SSSR count). The van der Waals surface area contributed by atoms with Crippen molar-refractivity contribution in [3.05, 3.63) is 105 Å². The van der Waals surface area contributed by atoms with Crippen LogP contribution in [0.25, 0.3) is 10.8 Å². The molecule has 0 atom stereocenters. The molecule has 44 heavy (non-hydrogen) atoms. The Hall–Kier alpha value is -4.65. The lowest BCUT2D eigenvalue weighted by molar-refractivity contribution is -0.138. The molecule has 13 heteroatoms. The highest BCUT2D eigenvalue weighted by atomic mass is 32.1. The Kier molecular flexibility index (Phi) is 8.02. The van der Waals surface area contributed by atoms with E-state index in [-0.39, 0.29) is 47.0 Å². The zero-order valence-electron chi connectivity index (χ0n) is 23.9. The summed E-state index contributed by atoms with van der Waals surface area (Å²) >= 11 is 5.50. The fourth-order valence-corrected chi connectivity index (χ4v) is 5.73. The lowest BCUT2D eigenvalue weighted by Crippen LogP contribution is -2.47. The molecule has 1 saturated heterocycles. The summed E-state index contributed by atoms with van der Waals surface area (Å²) in [4.78, 5) is 41.0. The summed E-state index contributed by atoms with van der Waals surface area (Å²) in [5.74, 6) is -1.97. The largest absolute Gasteiger partial charge is 0.416 e. The highest BCUT2D eigenvalue weighted by Crippen LogP contribution is 2.37. The summed E-state index contributed by atoms with van der Waals surface area (Å²) in [7, 11) is 0. The number of halogens is 4. The number of hydrogen-bond acceptors (Lipinski definition) is 5. The van der Waals surface area contributed by atoms with Crippen LogP contribution in [0.15, 0.2) is 65.5 Å². The van der Waals surface area contributed by atoms with Crippen molar-refractivity contribution in [2.24, 2.45) is 0 Å². The van der Waals surface area contributed by atoms with Crippen molar-refractivity contribution in [2.45, 2.75) is 38.9 Å². The number of H-pyrrole nitrogens is 1. The molecule has 0 saturated carbocycles. The lowest BCUT2D eigenvalue weighted by Gasteiger charge is -2.29. The molecule has 2 amide bonds. The van der Waals surface area contributed by atoms with Gasteiger partial charge in [-0.2, -0.15) is 18.3 Å². The molecule has 0 unspecified atom stereocenters. The van der Waals surface area contributed by atoms with E-state index in [0.717, 1.165) is 11.0 Å². The molecule has 4 aromatic rings. The number of aromatic nitrogens is 2. The van der Waals surface area contributed by atoms with E-state index in [1.54, 1.807) is 38.1 Å². The Bertz CT molecular complexity index is 1870. The second-order valence-electron chi connectivity index (χ2n) is 10.9. The van der Waals surface area contributed by atoms with Crippen molar-refractivity contribution in [1.29, 1.82) is 0 Å². The third-order valence-corrected chi connectivity index (χ3v) is 8.05. The highest BCUT2D eigenvalue weighted by molar-refractivity contribution is 7.80. The number of fused-ring (bicyclic) bond motifs is 1. The Morgan fingerprint density at radius 1 is 1.05 bits per heavy atom. The highest BCUT2D eigenvalue weighted by Gasteiger charge is 2.49. The van der Waals surface area contributed by atoms with Crippen molar-refractivity contribution in [2.75, 3.05) is 18.0 Å². The normalized spacial score (nSPS) is 14.9. The van der Waals surface area contributed by atoms with Crippen LogP contribution in [0.2, 0.25) is 0 Å². The number of amides is 2. The van der Waals surface area contributed by atoms with Gasteiger partial charge in [0.1, 0.15) is 11.4 Å². The summed E-state index contributed by atoms with van der Waals surface area (Å²) < 4.78 is 55.3. The maximum Gasteiger partial charge on any atom is 0.416 e. The molecule has 3 aromatic carbocycles. The van der Waals surface area contributed by atoms with Gasteiger partial charge in [-0.1, -0.05) is 30.3 Å². The van der Waals surface area contributed by atoms with E-state index in [0.29, 0.717) is 22.0 Å². The monoisotopic (exact) mass is 625 g/mol. The molecule has 1 aromatic heterocycles. The molecule has 8 nitrogen and oxygen atoms in total. The number of nitrogens with zero attached hydrogens (tertiary/aromatic N) is 3. The van der Waals surface area contributed by atoms with E-state index in [1.165, 1.54) is 42.2 Å². The molecular formula is C31H27F4N5O3S. The van der Waals surface area contributed by atoms with Gasteiger partial charge in [0.15, 0.2) is 5.11 Å². The van der Waals surface area contributed by atoms with Crippen LogP contribution >= 0.6 is 12.2 Å². The van der Waals surface area contributed by atoms with Crippen LogP contribution in [0, 0.1) is 12.7 Å². The molecule has 2 heterocycles. The molecule has 0 spiro atoms. The molecule has 2 N–H and O–H groups in total. The van der Waals surface area contributed by atoms with Gasteiger partial charge in [0.2, 0.25) is 0 Å². The Morgan fingerprint density at radius 3 is 2.45 bits per heavy atom. The molecule has 1 aliphatic rings. The first-order valence-electron chi connectivity index (χ1n) is 13.6. The molecular weight excluding hydrogens is 598 g/mol. The minimum atomic E-state index is -4.61. The first kappa shape index (κ1) is 30.8. The number of thiocarbonyl (C=S) groups is 1. The van der Waals surface area contributed by atoms with E-state index in [2.05, 4.69) is 15.5 Å². The summed E-state index contributed by atoms with van der Waals surface area (Å²) in [6.07, 6.45) is -4.39. The molecule has 0 aliphatic carbocycles. The van der Waals surface area contributed by atoms with Crippen LogP contribution in [-0.2, 0) is 17.4 Å². The standard InChI is InChI=1S/C31H27F4N5O3S/c1-17-8-10-19(16-23(17)31(33,34)35)40-28(43)30(2,3)39(29(40)44)13-12-36-26(41)22-14-18(9-11-24(22)32)15-25-20-6-4-5-7-21(20)27(42)38-37-25/h4-11,14,16H,12-13,15H2,1-3H3,(H,36,41)(H,38,42). The van der Waals surface area contributed by atoms with Crippen molar-refractivity contribution in [3.63, 3.8) is 0 Å². The van der Waals surface area contributed by atoms with Gasteiger partial charge in [-0.3, -0.25) is 19.3 Å². The Labute approximate surface area is 254 Å². The zero-order valence-corrected chi connectivity index (χ0v) is 24.7. The quantitative estimate of drug-likeness (QED) is 0.219. The summed E-state index contributed by atoms with van der Waals surface area (Å²) in [6.45, 7) is 4.49. The smallest absolute Gasteiger partial charge is 0.350 e. The van der Waals surface area contributed by atoms with Gasteiger partial charge in [-0.05, 0) is 74.4 Å². The minimum Gasteiger partial charge on any atom is -0.350 e. The predicted molar refractivity (Wildman–Crippen MR) is 161 cm³/mol. The van der Waals surface area contributed by atoms with Crippen molar-refractivity contribution >= 4 is 45.6 Å². The molecule has 1 aliphatic heterocycles. The molecule has 228 valence electrons. The molecule has 0 radical (unpaired) electrons. The van der Waals surface area contributed by atoms with Gasteiger partial charge in [0, 0.05) is 24.9 Å². The first-order valence-corrected chi connectivity index (χ1v) is 14.0. The number of aryl methyl sites for hydroxylation is 1. The fourth-order valence-electron chi connectivity index (χ4n) is 5.23. The molecule has 1 fully saturated rings. The number of nitrogens with one attached hydrogen (secondary N) is 2. The van der Waals surface area contributed by atoms with Gasteiger partial charge in [-0.25, -0.2) is 9.49 Å². The number of carbonyl (C=O) groups is 2. The number of benzene rings is 3. The number of hydrogen-bond donors (Lipinski definition) is 2. The maximum atomic E-state index is 14.7. The number of rotatable bonds is 7. The van der Waals surface area contributed by atoms with Crippen LogP contribution in [0.3, 0.4) is 0 Å². The van der Waals surface area contributed by atoms with Crippen LogP contribution in [0.1, 0.15) is 46.6 Å². The number of alkyl halides is 3. The average Bonchev–Trinajstić information content (AvgIpc) is 3.14. The van der Waals surface area contributed by atoms with E-state index in [1.807, 2.05) is 0 Å². The fraction of sp³-hybridized carbons (Fsp3) is 0.258. The van der Waals surface area contributed by atoms with Crippen LogP contribution in [-0.4, -0.2) is 50.7 Å². The van der Waals surface area contributed by atoms with Gasteiger partial charge >= 0.3 is 6.18 Å². The van der Waals surface area contributed by atoms with Gasteiger partial charge in [0.05, 0.1) is 27.9 Å². The van der Waals surface area contributed by atoms with Crippen molar-refractivity contribution in [3.8, 4) is 0 Å². The van der Waals surface area contributed by atoms with E-state index in [9.17, 15) is 31.9 Å². The summed E-state index contributed by atoms with van der Waals surface area (Å²) in [6, 6.07) is 14.6. The number of carbonyl (C=O) groups excluding carboxylic acids is 2. The van der Waals surface area contributed by atoms with Crippen LogP contribution in [0.5, 0.6) is 0 Å². The van der Waals surface area contributed by atoms with Crippen molar-refractivity contribution in [1.82, 2.24) is 20.4 Å². The predicted octanol–water partition coefficient (Wildman–Crippen LogP) is 5.12. The zero-order chi connectivity index (χ0) is 32.0. The van der Waals surface area contributed by atoms with E-state index in [4.69, 9.17) is 12.2 Å². The summed E-state index contributed by atoms with van der Waals surface area (Å²) in [5.41, 5.74) is -1.51. The second kappa shape index (κ2) is 11.5. The second-order valence-corrected chi connectivity index (χ2v) is 11.3. The van der Waals surface area contributed by atoms with Crippen LogP contribution < -0.4 is 15.8 Å². The topological polar surface area (TPSA) is 98.4 Å². The van der Waals surface area contributed by atoms with Gasteiger partial charge in [0.25, 0.3) is 17.4 Å². The lowest BCUT2D eigenvalue weighted by atomic mass is 10.0. The average molecular weight is 626 g/mol. The number of anilines is 1. The third-order valence-electron chi connectivity index (χ3n) is 7.65. The SMILES string of the molecule is Cc1ccc(N2C(=O)C(C)(C)N(CCNC(=O)c3cc(Cc4n[nH]c(=O)c5ccccc45)ccc3F)C2=S)cc1C(F)(F)F. The third kappa shape index (κ3) is 5.66. The van der Waals surface area contributed by atoms with Crippen LogP contribution in [0.4, 0.5) is 23.2 Å². The summed E-state index contributed by atoms with van der Waals surface area (Å²) in [5, 5.41) is 10.3. The Morgan fingerprint density at radius 2 is 1.75 bits per heavy atom. The maximum absolute atomic E-state index is 14.7. The first-order chi connectivity index (χ1) is 20.7. The van der Waals surface area contributed by atoms with Gasteiger partial charge < -0.3 is 10.2 Å².